The minimum atomic E-state index is -1.03. The second-order valence-electron chi connectivity index (χ2n) is 6.67. The molecule has 1 unspecified atom stereocenters. The van der Waals surface area contributed by atoms with Gasteiger partial charge in [-0.3, -0.25) is 19.8 Å². The highest BCUT2D eigenvalue weighted by Gasteiger charge is 2.41. The van der Waals surface area contributed by atoms with E-state index in [1.54, 1.807) is 31.2 Å². The van der Waals surface area contributed by atoms with Crippen molar-refractivity contribution in [1.29, 1.82) is 5.41 Å². The molecule has 146 valence electrons. The molecule has 9 nitrogen and oxygen atoms in total. The molecule has 9 heteroatoms. The van der Waals surface area contributed by atoms with Crippen LogP contribution in [0.5, 0.6) is 5.75 Å². The minimum absolute atomic E-state index is 0.0266. The molecule has 2 rings (SSSR count). The number of carboxylic acids is 1. The summed E-state index contributed by atoms with van der Waals surface area (Å²) in [5.41, 5.74) is 5.02. The third kappa shape index (κ3) is 5.19. The molecule has 0 spiro atoms. The van der Waals surface area contributed by atoms with Crippen LogP contribution in [0, 0.1) is 5.41 Å². The Balaban J connectivity index is 1.95. The van der Waals surface area contributed by atoms with Crippen molar-refractivity contribution < 1.29 is 24.2 Å². The predicted octanol–water partition coefficient (Wildman–Crippen LogP) is 0.321. The maximum atomic E-state index is 12.2. The summed E-state index contributed by atoms with van der Waals surface area (Å²) >= 11 is 0. The molecular formula is C18H24N4O5. The number of ether oxygens (including phenoxy) is 1. The van der Waals surface area contributed by atoms with Crippen LogP contribution in [-0.4, -0.2) is 58.9 Å². The van der Waals surface area contributed by atoms with Gasteiger partial charge in [-0.1, -0.05) is 0 Å². The largest absolute Gasteiger partial charge is 0.494 e. The number of nitrogen functional groups attached to an aromatic ring is 1. The van der Waals surface area contributed by atoms with Crippen molar-refractivity contribution in [2.75, 3.05) is 19.7 Å². The molecule has 1 atom stereocenters. The lowest BCUT2D eigenvalue weighted by molar-refractivity contribution is -0.155. The zero-order chi connectivity index (χ0) is 20.0. The van der Waals surface area contributed by atoms with Gasteiger partial charge in [-0.15, -0.1) is 0 Å². The van der Waals surface area contributed by atoms with E-state index in [9.17, 15) is 19.5 Å². The van der Waals surface area contributed by atoms with Crippen LogP contribution in [0.1, 0.15) is 31.7 Å². The Morgan fingerprint density at radius 3 is 2.63 bits per heavy atom. The van der Waals surface area contributed by atoms with Crippen molar-refractivity contribution in [3.63, 3.8) is 0 Å². The van der Waals surface area contributed by atoms with E-state index in [4.69, 9.17) is 15.9 Å². The van der Waals surface area contributed by atoms with Gasteiger partial charge in [0.1, 0.15) is 11.6 Å². The van der Waals surface area contributed by atoms with Gasteiger partial charge in [0.05, 0.1) is 18.6 Å². The van der Waals surface area contributed by atoms with Gasteiger partial charge >= 0.3 is 17.8 Å². The van der Waals surface area contributed by atoms with Crippen LogP contribution in [0.2, 0.25) is 0 Å². The number of amides is 2. The smallest absolute Gasteiger partial charge is 0.312 e. The number of carboxylic acid groups (broad SMARTS) is 1. The van der Waals surface area contributed by atoms with Gasteiger partial charge < -0.3 is 25.8 Å². The first-order valence-corrected chi connectivity index (χ1v) is 8.62. The fourth-order valence-corrected chi connectivity index (χ4v) is 3.11. The van der Waals surface area contributed by atoms with Gasteiger partial charge in [-0.05, 0) is 44.0 Å². The Bertz CT molecular complexity index is 734. The van der Waals surface area contributed by atoms with Gasteiger partial charge in [-0.25, -0.2) is 0 Å². The van der Waals surface area contributed by atoms with E-state index >= 15 is 0 Å². The van der Waals surface area contributed by atoms with E-state index in [-0.39, 0.29) is 18.8 Å². The van der Waals surface area contributed by atoms with Crippen molar-refractivity contribution in [2.24, 2.45) is 5.73 Å². The number of carbonyl (C=O) groups excluding carboxylic acids is 2. The maximum absolute atomic E-state index is 12.2. The van der Waals surface area contributed by atoms with Gasteiger partial charge in [0.15, 0.2) is 0 Å². The number of carbonyl (C=O) groups is 3. The molecule has 1 fully saturated rings. The fourth-order valence-electron chi connectivity index (χ4n) is 3.11. The lowest BCUT2D eigenvalue weighted by Gasteiger charge is -2.42. The predicted molar refractivity (Wildman–Crippen MR) is 97.6 cm³/mol. The van der Waals surface area contributed by atoms with E-state index in [1.165, 1.54) is 4.90 Å². The Kier molecular flexibility index (Phi) is 6.38. The summed E-state index contributed by atoms with van der Waals surface area (Å²) in [4.78, 5) is 36.4. The molecule has 1 aromatic rings. The molecule has 1 aliphatic heterocycles. The third-order valence-corrected chi connectivity index (χ3v) is 4.54. The Morgan fingerprint density at radius 2 is 2.04 bits per heavy atom. The van der Waals surface area contributed by atoms with Gasteiger partial charge in [0.25, 0.3) is 0 Å². The summed E-state index contributed by atoms with van der Waals surface area (Å²) in [6.45, 7) is 2.59. The second kappa shape index (κ2) is 8.52. The number of piperazine rings is 1. The molecule has 27 heavy (non-hydrogen) atoms. The summed E-state index contributed by atoms with van der Waals surface area (Å²) in [5, 5.41) is 19.1. The molecule has 1 saturated heterocycles. The van der Waals surface area contributed by atoms with Crippen molar-refractivity contribution in [1.82, 2.24) is 10.2 Å². The van der Waals surface area contributed by atoms with Crippen LogP contribution in [-0.2, 0) is 14.4 Å². The van der Waals surface area contributed by atoms with Crippen LogP contribution in [0.4, 0.5) is 0 Å². The van der Waals surface area contributed by atoms with Crippen LogP contribution < -0.4 is 15.8 Å². The number of aliphatic carboxylic acids is 1. The van der Waals surface area contributed by atoms with E-state index < -0.39 is 23.3 Å². The van der Waals surface area contributed by atoms with Gasteiger partial charge in [0, 0.05) is 18.7 Å². The van der Waals surface area contributed by atoms with Crippen molar-refractivity contribution in [2.45, 2.75) is 31.7 Å². The van der Waals surface area contributed by atoms with Crippen LogP contribution in [0.25, 0.3) is 0 Å². The summed E-state index contributed by atoms with van der Waals surface area (Å²) in [6, 6.07) is 6.76. The number of nitrogens with zero attached hydrogens (tertiary/aromatic N) is 1. The normalized spacial score (nSPS) is 16.4. The lowest BCUT2D eigenvalue weighted by Crippen LogP contribution is -2.61. The van der Waals surface area contributed by atoms with Crippen molar-refractivity contribution in [3.8, 4) is 5.75 Å². The molecule has 5 N–H and O–H groups in total. The average Bonchev–Trinajstić information content (AvgIpc) is 2.61. The first-order chi connectivity index (χ1) is 12.7. The molecule has 0 radical (unpaired) electrons. The highest BCUT2D eigenvalue weighted by Crippen LogP contribution is 2.27. The van der Waals surface area contributed by atoms with Gasteiger partial charge in [-0.2, -0.15) is 0 Å². The molecular weight excluding hydrogens is 352 g/mol. The highest BCUT2D eigenvalue weighted by molar-refractivity contribution is 6.35. The zero-order valence-electron chi connectivity index (χ0n) is 15.2. The molecule has 0 saturated carbocycles. The maximum Gasteiger partial charge on any atom is 0.312 e. The Hall–Kier alpha value is -3.10. The quantitative estimate of drug-likeness (QED) is 0.211. The molecule has 2 amide bonds. The first-order valence-electron chi connectivity index (χ1n) is 8.62. The van der Waals surface area contributed by atoms with E-state index in [0.717, 1.165) is 0 Å². The fraction of sp³-hybridized carbons (Fsp3) is 0.444. The number of rotatable bonds is 9. The lowest BCUT2D eigenvalue weighted by atomic mass is 9.89. The summed E-state index contributed by atoms with van der Waals surface area (Å²) < 4.78 is 5.63. The van der Waals surface area contributed by atoms with E-state index in [0.29, 0.717) is 37.3 Å². The van der Waals surface area contributed by atoms with E-state index in [1.807, 2.05) is 0 Å². The second-order valence-corrected chi connectivity index (χ2v) is 6.67. The van der Waals surface area contributed by atoms with E-state index in [2.05, 4.69) is 5.32 Å². The molecule has 1 heterocycles. The molecule has 0 bridgehead atoms. The number of nitrogens with one attached hydrogen (secondary N) is 2. The number of nitrogens with two attached hydrogens (primary N) is 1. The van der Waals surface area contributed by atoms with Gasteiger partial charge in [0.2, 0.25) is 0 Å². The molecule has 0 aromatic heterocycles. The standard InChI is InChI=1S/C18H24N4O5/c1-18(11-14(23)24,22-9-8-21-16(25)17(22)26)7-2-10-27-13-5-3-12(4-6-13)15(19)20/h3-6H,2,7-11H2,1H3,(H3,19,20)(H,21,25)(H,23,24). The molecule has 0 aliphatic carbocycles. The van der Waals surface area contributed by atoms with Crippen LogP contribution in [0.15, 0.2) is 24.3 Å². The highest BCUT2D eigenvalue weighted by atomic mass is 16.5. The SMILES string of the molecule is CC(CCCOc1ccc(C(=N)N)cc1)(CC(=O)O)N1CCNC(=O)C1=O. The Labute approximate surface area is 157 Å². The Morgan fingerprint density at radius 1 is 1.37 bits per heavy atom. The minimum Gasteiger partial charge on any atom is -0.494 e. The summed E-state index contributed by atoms with van der Waals surface area (Å²) in [7, 11) is 0. The summed E-state index contributed by atoms with van der Waals surface area (Å²) in [5.74, 6) is -1.86. The number of hydrogen-bond acceptors (Lipinski definition) is 5. The topological polar surface area (TPSA) is 146 Å². The first kappa shape index (κ1) is 20.2. The summed E-state index contributed by atoms with van der Waals surface area (Å²) in [6.07, 6.45) is 0.632. The van der Waals surface area contributed by atoms with Crippen LogP contribution in [0.3, 0.4) is 0 Å². The monoisotopic (exact) mass is 376 g/mol. The molecule has 1 aromatic carbocycles. The molecule has 1 aliphatic rings. The van der Waals surface area contributed by atoms with Crippen molar-refractivity contribution >= 4 is 23.6 Å². The third-order valence-electron chi connectivity index (χ3n) is 4.54. The number of amidine groups is 1. The zero-order valence-corrected chi connectivity index (χ0v) is 15.2. The van der Waals surface area contributed by atoms with Crippen molar-refractivity contribution in [3.05, 3.63) is 29.8 Å². The average molecular weight is 376 g/mol. The number of hydrogen-bond donors (Lipinski definition) is 4. The number of benzene rings is 1. The van der Waals surface area contributed by atoms with Crippen LogP contribution >= 0.6 is 0 Å².